The molecule has 0 unspecified atom stereocenters. The van der Waals surface area contributed by atoms with Crippen molar-refractivity contribution in [2.45, 2.75) is 111 Å². The van der Waals surface area contributed by atoms with Gasteiger partial charge in [-0.05, 0) is 76.4 Å². The van der Waals surface area contributed by atoms with Crippen LogP contribution in [0.15, 0.2) is 23.8 Å². The van der Waals surface area contributed by atoms with Crippen molar-refractivity contribution >= 4 is 23.3 Å². The van der Waals surface area contributed by atoms with Crippen molar-refractivity contribution < 1.29 is 44.3 Å². The Morgan fingerprint density at radius 1 is 1.02 bits per heavy atom. The van der Waals surface area contributed by atoms with E-state index in [-0.39, 0.29) is 30.8 Å². The van der Waals surface area contributed by atoms with Gasteiger partial charge < -0.3 is 25.2 Å². The SMILES string of the molecule is CC(=O)OC(C)(C)/C=C/C(=O)[C@](C)(O)[C@H]1[C@H](O)C[C@@]2(C)[C@@H]3[C@@H](O)C=C4[C@H](C[C@H](O)C(=O)C4(C)C)[C@]3(C)C(=O)C[C@]12C. The Bertz CT molecular complexity index is 1240. The molecular formula is C32H46O9. The molecule has 0 bridgehead atoms. The van der Waals surface area contributed by atoms with Crippen LogP contribution in [0, 0.1) is 39.4 Å². The van der Waals surface area contributed by atoms with E-state index in [1.807, 2.05) is 6.92 Å². The second kappa shape index (κ2) is 9.40. The second-order valence-corrected chi connectivity index (χ2v) is 14.9. The molecule has 0 amide bonds. The van der Waals surface area contributed by atoms with Gasteiger partial charge in [-0.15, -0.1) is 0 Å². The number of carbonyl (C=O) groups is 4. The molecule has 0 aliphatic heterocycles. The molecule has 0 aromatic carbocycles. The van der Waals surface area contributed by atoms with Gasteiger partial charge in [0.05, 0.1) is 12.2 Å². The van der Waals surface area contributed by atoms with Gasteiger partial charge in [0.15, 0.2) is 11.6 Å². The highest BCUT2D eigenvalue weighted by Crippen LogP contribution is 2.74. The number of esters is 1. The minimum Gasteiger partial charge on any atom is -0.456 e. The Morgan fingerprint density at radius 2 is 1.61 bits per heavy atom. The topological polar surface area (TPSA) is 158 Å². The van der Waals surface area contributed by atoms with Gasteiger partial charge in [-0.2, -0.15) is 0 Å². The number of hydrogen-bond donors (Lipinski definition) is 4. The molecule has 4 aliphatic carbocycles. The van der Waals surface area contributed by atoms with E-state index in [0.29, 0.717) is 5.57 Å². The molecule has 3 fully saturated rings. The molecule has 228 valence electrons. The van der Waals surface area contributed by atoms with E-state index < -0.39 is 80.7 Å². The molecule has 4 aliphatic rings. The maximum absolute atomic E-state index is 14.3. The van der Waals surface area contributed by atoms with Crippen molar-refractivity contribution in [3.8, 4) is 0 Å². The van der Waals surface area contributed by atoms with Crippen molar-refractivity contribution in [2.24, 2.45) is 39.4 Å². The molecule has 3 saturated carbocycles. The number of hydrogen-bond acceptors (Lipinski definition) is 9. The highest BCUT2D eigenvalue weighted by Gasteiger charge is 2.76. The lowest BCUT2D eigenvalue weighted by Gasteiger charge is -2.65. The summed E-state index contributed by atoms with van der Waals surface area (Å²) in [6.07, 6.45) is 0.793. The van der Waals surface area contributed by atoms with E-state index in [4.69, 9.17) is 4.74 Å². The van der Waals surface area contributed by atoms with E-state index in [9.17, 15) is 39.6 Å². The fourth-order valence-corrected chi connectivity index (χ4v) is 9.48. The van der Waals surface area contributed by atoms with E-state index in [2.05, 4.69) is 0 Å². The molecule has 0 saturated heterocycles. The van der Waals surface area contributed by atoms with Crippen molar-refractivity contribution in [1.29, 1.82) is 0 Å². The molecule has 0 heterocycles. The highest BCUT2D eigenvalue weighted by molar-refractivity contribution is 5.98. The van der Waals surface area contributed by atoms with Gasteiger partial charge in [-0.25, -0.2) is 0 Å². The van der Waals surface area contributed by atoms with Gasteiger partial charge in [0.2, 0.25) is 0 Å². The molecule has 41 heavy (non-hydrogen) atoms. The zero-order chi connectivity index (χ0) is 31.3. The molecule has 4 N–H and O–H groups in total. The summed E-state index contributed by atoms with van der Waals surface area (Å²) >= 11 is 0. The monoisotopic (exact) mass is 574 g/mol. The molecular weight excluding hydrogens is 528 g/mol. The number of ketones is 3. The van der Waals surface area contributed by atoms with Crippen molar-refractivity contribution in [3.63, 3.8) is 0 Å². The summed E-state index contributed by atoms with van der Waals surface area (Å²) in [5, 5.41) is 45.7. The zero-order valence-electron chi connectivity index (χ0n) is 25.6. The average Bonchev–Trinajstić information content (AvgIpc) is 3.01. The molecule has 0 aromatic rings. The first-order valence-corrected chi connectivity index (χ1v) is 14.5. The van der Waals surface area contributed by atoms with Crippen molar-refractivity contribution in [1.82, 2.24) is 0 Å². The predicted octanol–water partition coefficient (Wildman–Crippen LogP) is 2.47. The van der Waals surface area contributed by atoms with Gasteiger partial charge in [0.1, 0.15) is 23.1 Å². The highest BCUT2D eigenvalue weighted by atomic mass is 16.6. The third-order valence-corrected chi connectivity index (χ3v) is 11.5. The molecule has 0 radical (unpaired) electrons. The molecule has 0 aromatic heterocycles. The summed E-state index contributed by atoms with van der Waals surface area (Å²) in [5.41, 5.74) is -6.73. The lowest BCUT2D eigenvalue weighted by atomic mass is 9.38. The van der Waals surface area contributed by atoms with Crippen LogP contribution in [0.3, 0.4) is 0 Å². The molecule has 9 heteroatoms. The smallest absolute Gasteiger partial charge is 0.303 e. The first-order valence-electron chi connectivity index (χ1n) is 14.5. The number of aliphatic hydroxyl groups is 4. The Labute approximate surface area is 242 Å². The first-order chi connectivity index (χ1) is 18.5. The fourth-order valence-electron chi connectivity index (χ4n) is 9.48. The summed E-state index contributed by atoms with van der Waals surface area (Å²) in [5.74, 6) is -4.00. The van der Waals surface area contributed by atoms with Crippen LogP contribution in [-0.2, 0) is 23.9 Å². The van der Waals surface area contributed by atoms with E-state index in [1.165, 1.54) is 19.9 Å². The van der Waals surface area contributed by atoms with Gasteiger partial charge in [-0.3, -0.25) is 19.2 Å². The van der Waals surface area contributed by atoms with Crippen LogP contribution < -0.4 is 0 Å². The number of ether oxygens (including phenoxy) is 1. The zero-order valence-corrected chi connectivity index (χ0v) is 25.6. The number of fused-ring (bicyclic) bond motifs is 5. The number of allylic oxidation sites excluding steroid dienone is 1. The van der Waals surface area contributed by atoms with Gasteiger partial charge in [-0.1, -0.05) is 32.4 Å². The van der Waals surface area contributed by atoms with Crippen LogP contribution in [0.25, 0.3) is 0 Å². The molecule has 0 spiro atoms. The summed E-state index contributed by atoms with van der Waals surface area (Å²) in [7, 11) is 0. The maximum Gasteiger partial charge on any atom is 0.303 e. The molecule has 4 rings (SSSR count). The van der Waals surface area contributed by atoms with Crippen molar-refractivity contribution in [2.75, 3.05) is 0 Å². The Kier molecular flexibility index (Phi) is 7.27. The average molecular weight is 575 g/mol. The quantitative estimate of drug-likeness (QED) is 0.220. The largest absolute Gasteiger partial charge is 0.456 e. The third-order valence-electron chi connectivity index (χ3n) is 11.5. The first kappa shape index (κ1) is 31.7. The Morgan fingerprint density at radius 3 is 2.17 bits per heavy atom. The van der Waals surface area contributed by atoms with Crippen molar-refractivity contribution in [3.05, 3.63) is 23.8 Å². The van der Waals surface area contributed by atoms with Gasteiger partial charge >= 0.3 is 5.97 Å². The number of rotatable bonds is 5. The summed E-state index contributed by atoms with van der Waals surface area (Å²) in [6, 6.07) is 0. The minimum absolute atomic E-state index is 0.0642. The lowest BCUT2D eigenvalue weighted by Crippen LogP contribution is -2.68. The number of aliphatic hydroxyl groups excluding tert-OH is 3. The predicted molar refractivity (Wildman–Crippen MR) is 149 cm³/mol. The minimum atomic E-state index is -2.08. The third kappa shape index (κ3) is 4.33. The Balaban J connectivity index is 1.79. The van der Waals surface area contributed by atoms with E-state index in [1.54, 1.807) is 47.6 Å². The second-order valence-electron chi connectivity index (χ2n) is 14.9. The number of Topliss-reactive ketones (excluding diaryl/α,β-unsaturated/α-hetero) is 2. The lowest BCUT2D eigenvalue weighted by molar-refractivity contribution is -0.196. The van der Waals surface area contributed by atoms with Gasteiger partial charge in [0, 0.05) is 36.0 Å². The van der Waals surface area contributed by atoms with Crippen LogP contribution in [0.1, 0.15) is 81.6 Å². The number of carbonyl (C=O) groups excluding carboxylic acids is 4. The summed E-state index contributed by atoms with van der Waals surface area (Å²) < 4.78 is 5.21. The standard InChI is InChI=1S/C32H46O9/c1-16(33)41-27(2,3)11-10-22(37)32(9,40)25-21(36)14-29(6)24-19(34)12-17-18(13-20(35)26(39)28(17,4)5)31(24,8)23(38)15-30(25,29)7/h10-12,18-21,24-25,34-36,40H,13-15H2,1-9H3/b11-10+/t18-,19-,20-,21+,24-,25-,29-,30+,31+,32-/m0/s1. The van der Waals surface area contributed by atoms with Crippen LogP contribution in [0.5, 0.6) is 0 Å². The molecule has 9 nitrogen and oxygen atoms in total. The Hall–Kier alpha value is -2.20. The van der Waals surface area contributed by atoms with Crippen LogP contribution in [0.2, 0.25) is 0 Å². The van der Waals surface area contributed by atoms with Crippen LogP contribution in [0.4, 0.5) is 0 Å². The normalized spacial score (nSPS) is 43.5. The fraction of sp³-hybridized carbons (Fsp3) is 0.750. The summed E-state index contributed by atoms with van der Waals surface area (Å²) in [6.45, 7) is 14.7. The van der Waals surface area contributed by atoms with Crippen LogP contribution >= 0.6 is 0 Å². The van der Waals surface area contributed by atoms with E-state index in [0.717, 1.165) is 6.08 Å². The molecule has 10 atom stereocenters. The van der Waals surface area contributed by atoms with Gasteiger partial charge in [0.25, 0.3) is 0 Å². The van der Waals surface area contributed by atoms with Crippen LogP contribution in [-0.4, -0.2) is 73.3 Å². The van der Waals surface area contributed by atoms with E-state index >= 15 is 0 Å². The summed E-state index contributed by atoms with van der Waals surface area (Å²) in [4.78, 5) is 52.1. The maximum atomic E-state index is 14.3.